The molecule has 12 nitrogen and oxygen atoms in total. The molecule has 0 N–H and O–H groups in total. The van der Waals surface area contributed by atoms with Crippen molar-refractivity contribution in [2.24, 2.45) is 0 Å². The first kappa shape index (κ1) is 24.8. The number of carbonyl (C=O) groups excluding carboxylic acids is 2. The van der Waals surface area contributed by atoms with Gasteiger partial charge in [-0.15, -0.1) is 5.10 Å². The Morgan fingerprint density at radius 1 is 1.00 bits per heavy atom. The van der Waals surface area contributed by atoms with Gasteiger partial charge in [-0.1, -0.05) is 36.4 Å². The van der Waals surface area contributed by atoms with Crippen LogP contribution in [0, 0.1) is 0 Å². The molecule has 14 heteroatoms. The fourth-order valence-electron chi connectivity index (χ4n) is 3.77. The molecule has 1 saturated heterocycles. The number of benzene rings is 2. The van der Waals surface area contributed by atoms with Crippen molar-refractivity contribution in [3.05, 3.63) is 101 Å². The maximum atomic E-state index is 16.2. The summed E-state index contributed by atoms with van der Waals surface area (Å²) in [4.78, 5) is 41.5. The molecule has 2 aromatic carbocycles. The van der Waals surface area contributed by atoms with Crippen LogP contribution in [0.1, 0.15) is 26.9 Å². The molecular formula is C24H18F2N6O6. The summed E-state index contributed by atoms with van der Waals surface area (Å²) in [6.45, 7) is -1.13. The zero-order chi connectivity index (χ0) is 26.7. The number of aromatic nitrogens is 6. The van der Waals surface area contributed by atoms with E-state index in [0.29, 0.717) is 4.57 Å². The molecule has 0 amide bonds. The highest BCUT2D eigenvalue weighted by Gasteiger charge is 2.61. The predicted molar refractivity (Wildman–Crippen MR) is 122 cm³/mol. The van der Waals surface area contributed by atoms with Gasteiger partial charge < -0.3 is 14.2 Å². The number of tetrazole rings is 1. The molecule has 0 bridgehead atoms. The summed E-state index contributed by atoms with van der Waals surface area (Å²) in [6.07, 6.45) is -4.21. The molecule has 0 radical (unpaired) electrons. The quantitative estimate of drug-likeness (QED) is 0.329. The van der Waals surface area contributed by atoms with Crippen molar-refractivity contribution in [2.75, 3.05) is 6.61 Å². The molecule has 4 aromatic rings. The van der Waals surface area contributed by atoms with Gasteiger partial charge in [0, 0.05) is 6.20 Å². The number of hydrogen-bond donors (Lipinski definition) is 0. The molecule has 3 heterocycles. The van der Waals surface area contributed by atoms with E-state index in [9.17, 15) is 14.4 Å². The monoisotopic (exact) mass is 524 g/mol. The maximum absolute atomic E-state index is 16.2. The predicted octanol–water partition coefficient (Wildman–Crippen LogP) is 1.83. The summed E-state index contributed by atoms with van der Waals surface area (Å²) < 4.78 is 49.1. The van der Waals surface area contributed by atoms with Gasteiger partial charge in [-0.05, 0) is 40.8 Å². The summed E-state index contributed by atoms with van der Waals surface area (Å²) in [5, 5.41) is 10.5. The van der Waals surface area contributed by atoms with Crippen LogP contribution in [0.25, 0.3) is 5.82 Å². The van der Waals surface area contributed by atoms with Gasteiger partial charge in [0.15, 0.2) is 30.9 Å². The molecule has 1 fully saturated rings. The van der Waals surface area contributed by atoms with Crippen LogP contribution >= 0.6 is 0 Å². The lowest BCUT2D eigenvalue weighted by Crippen LogP contribution is -2.45. The fourth-order valence-corrected chi connectivity index (χ4v) is 3.77. The second kappa shape index (κ2) is 10.3. The van der Waals surface area contributed by atoms with E-state index in [1.165, 1.54) is 36.7 Å². The Bertz CT molecular complexity index is 1490. The van der Waals surface area contributed by atoms with Crippen molar-refractivity contribution >= 4 is 11.9 Å². The zero-order valence-electron chi connectivity index (χ0n) is 19.3. The Kier molecular flexibility index (Phi) is 6.70. The minimum atomic E-state index is -3.15. The number of nitrogens with zero attached hydrogens (tertiary/aromatic N) is 6. The smallest absolute Gasteiger partial charge is 0.351 e. The second-order valence-corrected chi connectivity index (χ2v) is 8.10. The van der Waals surface area contributed by atoms with E-state index in [1.54, 1.807) is 36.4 Å². The Morgan fingerprint density at radius 2 is 1.66 bits per heavy atom. The van der Waals surface area contributed by atoms with Crippen LogP contribution in [0.5, 0.6) is 0 Å². The summed E-state index contributed by atoms with van der Waals surface area (Å²) >= 11 is 0. The number of carbonyl (C=O) groups is 2. The maximum Gasteiger partial charge on any atom is 0.351 e. The summed E-state index contributed by atoms with van der Waals surface area (Å²) in [7, 11) is 0. The highest BCUT2D eigenvalue weighted by atomic mass is 19.2. The zero-order valence-corrected chi connectivity index (χ0v) is 19.3. The van der Waals surface area contributed by atoms with Gasteiger partial charge in [0.2, 0.25) is 0 Å². The highest BCUT2D eigenvalue weighted by molar-refractivity contribution is 5.90. The molecule has 0 saturated carbocycles. The highest BCUT2D eigenvalue weighted by Crippen LogP contribution is 2.42. The van der Waals surface area contributed by atoms with Crippen LogP contribution in [0.3, 0.4) is 0 Å². The average Bonchev–Trinajstić information content (AvgIpc) is 3.56. The van der Waals surface area contributed by atoms with Crippen molar-refractivity contribution in [1.29, 1.82) is 0 Å². The number of hydrogen-bond acceptors (Lipinski definition) is 10. The number of halogens is 2. The van der Waals surface area contributed by atoms with Crippen molar-refractivity contribution in [2.45, 2.75) is 24.4 Å². The minimum Gasteiger partial charge on any atom is -0.456 e. The lowest BCUT2D eigenvalue weighted by Gasteiger charge is -2.25. The minimum absolute atomic E-state index is 0.0139. The third-order valence-corrected chi connectivity index (χ3v) is 5.63. The molecule has 4 atom stereocenters. The van der Waals surface area contributed by atoms with Gasteiger partial charge in [0.1, 0.15) is 6.33 Å². The molecule has 5 rings (SSSR count). The third-order valence-electron chi connectivity index (χ3n) is 5.63. The average molecular weight is 524 g/mol. The van der Waals surface area contributed by atoms with Crippen molar-refractivity contribution in [3.63, 3.8) is 0 Å². The first-order valence-electron chi connectivity index (χ1n) is 11.2. The number of esters is 2. The van der Waals surface area contributed by atoms with Crippen LogP contribution in [0.15, 0.2) is 84.0 Å². The van der Waals surface area contributed by atoms with Crippen LogP contribution in [-0.4, -0.2) is 66.4 Å². The molecule has 2 aromatic heterocycles. The van der Waals surface area contributed by atoms with Gasteiger partial charge in [-0.25, -0.2) is 23.2 Å². The number of ether oxygens (including phenoxy) is 3. The van der Waals surface area contributed by atoms with E-state index in [1.807, 2.05) is 0 Å². The first-order chi connectivity index (χ1) is 18.4. The Balaban J connectivity index is 1.43. The van der Waals surface area contributed by atoms with Crippen LogP contribution in [-0.2, 0) is 14.2 Å². The standard InChI is InChI=1S/C24H18F2N6O6/c25-18-19(37-22(34)16-9-5-2-6-10-16)24(26,13-36-21(33)15-7-3-1-4-8-15)38-20(18)31-12-11-17(28-23(31)35)32-14-27-29-30-32/h1-12,14,18-20H,13H2/t18-,19+,20-,24-/m1/s1. The molecule has 194 valence electrons. The fraction of sp³-hybridized carbons (Fsp3) is 0.208. The van der Waals surface area contributed by atoms with Gasteiger partial charge in [-0.3, -0.25) is 4.57 Å². The number of alkyl halides is 2. The Hall–Kier alpha value is -4.85. The largest absolute Gasteiger partial charge is 0.456 e. The van der Waals surface area contributed by atoms with Crippen LogP contribution < -0.4 is 5.69 Å². The van der Waals surface area contributed by atoms with E-state index < -0.39 is 48.6 Å². The molecule has 0 unspecified atom stereocenters. The van der Waals surface area contributed by atoms with E-state index in [2.05, 4.69) is 20.5 Å². The SMILES string of the molecule is O=C(OC[C@@]1(F)O[C@@H](n2ccc(-n3cnnn3)nc2=O)[C@H](F)[C@@H]1OC(=O)c1ccccc1)c1ccccc1. The van der Waals surface area contributed by atoms with Gasteiger partial charge in [-0.2, -0.15) is 9.67 Å². The summed E-state index contributed by atoms with van der Waals surface area (Å²) in [6, 6.07) is 16.5. The first-order valence-corrected chi connectivity index (χ1v) is 11.2. The van der Waals surface area contributed by atoms with Crippen LogP contribution in [0.2, 0.25) is 0 Å². The lowest BCUT2D eigenvalue weighted by atomic mass is 10.1. The molecule has 0 spiro atoms. The molecule has 0 aliphatic carbocycles. The van der Waals surface area contributed by atoms with Crippen molar-refractivity contribution < 1.29 is 32.6 Å². The molecule has 38 heavy (non-hydrogen) atoms. The van der Waals surface area contributed by atoms with E-state index in [0.717, 1.165) is 10.9 Å². The van der Waals surface area contributed by atoms with Gasteiger partial charge in [0.05, 0.1) is 11.1 Å². The van der Waals surface area contributed by atoms with E-state index in [4.69, 9.17) is 14.2 Å². The molecular weight excluding hydrogens is 506 g/mol. The molecule has 1 aliphatic heterocycles. The summed E-state index contributed by atoms with van der Waals surface area (Å²) in [5.41, 5.74) is -0.889. The Morgan fingerprint density at radius 3 is 2.26 bits per heavy atom. The lowest BCUT2D eigenvalue weighted by molar-refractivity contribution is -0.208. The van der Waals surface area contributed by atoms with Crippen molar-refractivity contribution in [1.82, 2.24) is 29.8 Å². The number of rotatable bonds is 7. The van der Waals surface area contributed by atoms with Gasteiger partial charge >= 0.3 is 17.6 Å². The van der Waals surface area contributed by atoms with Crippen molar-refractivity contribution in [3.8, 4) is 5.82 Å². The molecule has 1 aliphatic rings. The summed E-state index contributed by atoms with van der Waals surface area (Å²) in [5.74, 6) is -5.09. The second-order valence-electron chi connectivity index (χ2n) is 8.10. The van der Waals surface area contributed by atoms with E-state index >= 15 is 8.78 Å². The van der Waals surface area contributed by atoms with Crippen LogP contribution in [0.4, 0.5) is 8.78 Å². The van der Waals surface area contributed by atoms with E-state index in [-0.39, 0.29) is 16.9 Å². The third kappa shape index (κ3) is 4.88. The van der Waals surface area contributed by atoms with Gasteiger partial charge in [0.25, 0.3) is 5.85 Å². The normalized spacial score (nSPS) is 22.6. The topological polar surface area (TPSA) is 140 Å². The Labute approximate surface area is 212 Å².